The van der Waals surface area contributed by atoms with Crippen molar-refractivity contribution in [3.63, 3.8) is 0 Å². The summed E-state index contributed by atoms with van der Waals surface area (Å²) in [5.74, 6) is 4.38. The van der Waals surface area contributed by atoms with E-state index in [4.69, 9.17) is 16.1 Å². The van der Waals surface area contributed by atoms with Crippen LogP contribution < -0.4 is 9.64 Å². The maximum Gasteiger partial charge on any atom is 0.227 e. The molecule has 4 rings (SSSR count). The first-order valence-electron chi connectivity index (χ1n) is 9.13. The number of imidazole rings is 1. The van der Waals surface area contributed by atoms with Crippen LogP contribution in [0.1, 0.15) is 25.1 Å². The van der Waals surface area contributed by atoms with E-state index in [2.05, 4.69) is 5.92 Å². The van der Waals surface area contributed by atoms with Crippen LogP contribution >= 0.6 is 0 Å². The molecule has 2 heterocycles. The van der Waals surface area contributed by atoms with Gasteiger partial charge in [-0.1, -0.05) is 30.2 Å². The maximum absolute atomic E-state index is 12.8. The molecule has 0 aliphatic carbocycles. The first-order valence-corrected chi connectivity index (χ1v) is 9.13. The van der Waals surface area contributed by atoms with Crippen LogP contribution in [-0.2, 0) is 11.3 Å². The molecule has 1 fully saturated rings. The van der Waals surface area contributed by atoms with Crippen molar-refractivity contribution in [2.45, 2.75) is 25.8 Å². The standard InChI is InChI=1S/C22H21N3O2/c1-3-13-24-18-10-6-5-9-17(18)23-22(24)16-14-21(26)25(15-16)19-11-7-8-12-20(19)27-4-2/h1,5-12,16H,4,13-15H2,2H3. The third-order valence-electron chi connectivity index (χ3n) is 4.88. The smallest absolute Gasteiger partial charge is 0.227 e. The Labute approximate surface area is 158 Å². The van der Waals surface area contributed by atoms with Crippen LogP contribution in [0.3, 0.4) is 0 Å². The third-order valence-corrected chi connectivity index (χ3v) is 4.88. The Hall–Kier alpha value is -3.26. The Balaban J connectivity index is 1.70. The van der Waals surface area contributed by atoms with Gasteiger partial charge in [0.25, 0.3) is 0 Å². The Kier molecular flexibility index (Phi) is 4.55. The lowest BCUT2D eigenvalue weighted by Crippen LogP contribution is -2.25. The summed E-state index contributed by atoms with van der Waals surface area (Å²) in [6, 6.07) is 15.6. The first-order chi connectivity index (χ1) is 13.2. The summed E-state index contributed by atoms with van der Waals surface area (Å²) in [7, 11) is 0. The number of terminal acetylenes is 1. The van der Waals surface area contributed by atoms with E-state index in [1.165, 1.54) is 0 Å². The van der Waals surface area contributed by atoms with E-state index in [-0.39, 0.29) is 11.8 Å². The zero-order chi connectivity index (χ0) is 18.8. The average molecular weight is 359 g/mol. The normalized spacial score (nSPS) is 16.7. The number of benzene rings is 2. The fourth-order valence-electron chi connectivity index (χ4n) is 3.73. The molecule has 1 aromatic heterocycles. The first kappa shape index (κ1) is 17.2. The molecule has 1 amide bonds. The van der Waals surface area contributed by atoms with Gasteiger partial charge in [0.2, 0.25) is 5.91 Å². The molecule has 1 atom stereocenters. The summed E-state index contributed by atoms with van der Waals surface area (Å²) in [6.07, 6.45) is 6.00. The van der Waals surface area contributed by atoms with Crippen molar-refractivity contribution in [2.75, 3.05) is 18.1 Å². The van der Waals surface area contributed by atoms with Gasteiger partial charge in [-0.3, -0.25) is 4.79 Å². The predicted molar refractivity (Wildman–Crippen MR) is 106 cm³/mol. The topological polar surface area (TPSA) is 47.4 Å². The van der Waals surface area contributed by atoms with Crippen LogP contribution in [0.4, 0.5) is 5.69 Å². The van der Waals surface area contributed by atoms with Crippen molar-refractivity contribution in [3.8, 4) is 18.1 Å². The lowest BCUT2D eigenvalue weighted by molar-refractivity contribution is -0.117. The van der Waals surface area contributed by atoms with Gasteiger partial charge in [0.05, 0.1) is 29.9 Å². The molecule has 2 aromatic carbocycles. The molecule has 5 nitrogen and oxygen atoms in total. The lowest BCUT2D eigenvalue weighted by atomic mass is 10.1. The molecule has 0 radical (unpaired) electrons. The fourth-order valence-corrected chi connectivity index (χ4v) is 3.73. The van der Waals surface area contributed by atoms with Crippen LogP contribution in [-0.4, -0.2) is 28.6 Å². The number of nitrogens with zero attached hydrogens (tertiary/aromatic N) is 3. The van der Waals surface area contributed by atoms with Gasteiger partial charge in [-0.25, -0.2) is 4.98 Å². The van der Waals surface area contributed by atoms with Gasteiger partial charge in [-0.15, -0.1) is 6.42 Å². The highest BCUT2D eigenvalue weighted by atomic mass is 16.5. The minimum absolute atomic E-state index is 0.00654. The highest BCUT2D eigenvalue weighted by Crippen LogP contribution is 2.37. The number of rotatable bonds is 5. The van der Waals surface area contributed by atoms with Gasteiger partial charge in [0.15, 0.2) is 0 Å². The molecule has 0 N–H and O–H groups in total. The van der Waals surface area contributed by atoms with E-state index in [0.29, 0.717) is 26.1 Å². The molecule has 136 valence electrons. The van der Waals surface area contributed by atoms with Crippen molar-refractivity contribution in [2.24, 2.45) is 0 Å². The molecule has 0 bridgehead atoms. The zero-order valence-corrected chi connectivity index (χ0v) is 15.3. The molecule has 0 spiro atoms. The number of aromatic nitrogens is 2. The van der Waals surface area contributed by atoms with Crippen molar-refractivity contribution in [1.29, 1.82) is 0 Å². The van der Waals surface area contributed by atoms with Crippen molar-refractivity contribution < 1.29 is 9.53 Å². The zero-order valence-electron chi connectivity index (χ0n) is 15.3. The molecule has 5 heteroatoms. The number of carbonyl (C=O) groups excluding carboxylic acids is 1. The number of fused-ring (bicyclic) bond motifs is 1. The molecule has 1 saturated heterocycles. The van der Waals surface area contributed by atoms with Crippen molar-refractivity contribution >= 4 is 22.6 Å². The molecular weight excluding hydrogens is 338 g/mol. The average Bonchev–Trinajstić information content (AvgIpc) is 3.24. The largest absolute Gasteiger partial charge is 0.492 e. The molecule has 1 aliphatic rings. The molecule has 1 unspecified atom stereocenters. The van der Waals surface area contributed by atoms with Crippen LogP contribution in [0.25, 0.3) is 11.0 Å². The third kappa shape index (κ3) is 3.04. The summed E-state index contributed by atoms with van der Waals surface area (Å²) >= 11 is 0. The molecule has 3 aromatic rings. The van der Waals surface area contributed by atoms with Crippen LogP contribution in [0, 0.1) is 12.3 Å². The number of ether oxygens (including phenoxy) is 1. The number of para-hydroxylation sites is 4. The molecular formula is C22H21N3O2. The number of carbonyl (C=O) groups is 1. The van der Waals surface area contributed by atoms with E-state index in [1.54, 1.807) is 4.90 Å². The summed E-state index contributed by atoms with van der Waals surface area (Å²) in [6.45, 7) is 3.50. The van der Waals surface area contributed by atoms with Crippen molar-refractivity contribution in [1.82, 2.24) is 9.55 Å². The van der Waals surface area contributed by atoms with Gasteiger partial charge in [0, 0.05) is 18.9 Å². The second kappa shape index (κ2) is 7.16. The van der Waals surface area contributed by atoms with Gasteiger partial charge < -0.3 is 14.2 Å². The molecule has 0 saturated carbocycles. The summed E-state index contributed by atoms with van der Waals surface area (Å²) in [4.78, 5) is 19.4. The quantitative estimate of drug-likeness (QED) is 0.654. The highest BCUT2D eigenvalue weighted by Gasteiger charge is 2.35. The predicted octanol–water partition coefficient (Wildman–Crippen LogP) is 3.59. The van der Waals surface area contributed by atoms with E-state index in [1.807, 2.05) is 60.0 Å². The number of amides is 1. The number of anilines is 1. The monoisotopic (exact) mass is 359 g/mol. The van der Waals surface area contributed by atoms with E-state index >= 15 is 0 Å². The van der Waals surface area contributed by atoms with Crippen molar-refractivity contribution in [3.05, 3.63) is 54.4 Å². The van der Waals surface area contributed by atoms with Crippen LogP contribution in [0.15, 0.2) is 48.5 Å². The van der Waals surface area contributed by atoms with Crippen LogP contribution in [0.2, 0.25) is 0 Å². The fraction of sp³-hybridized carbons (Fsp3) is 0.273. The maximum atomic E-state index is 12.8. The molecule has 27 heavy (non-hydrogen) atoms. The minimum Gasteiger partial charge on any atom is -0.492 e. The lowest BCUT2D eigenvalue weighted by Gasteiger charge is -2.20. The number of hydrogen-bond acceptors (Lipinski definition) is 3. The SMILES string of the molecule is C#CCn1c(C2CC(=O)N(c3ccccc3OCC)C2)nc2ccccc21. The summed E-state index contributed by atoms with van der Waals surface area (Å²) < 4.78 is 7.75. The summed E-state index contributed by atoms with van der Waals surface area (Å²) in [5, 5.41) is 0. The minimum atomic E-state index is -0.00654. The van der Waals surface area contributed by atoms with E-state index in [9.17, 15) is 4.79 Å². The summed E-state index contributed by atoms with van der Waals surface area (Å²) in [5.41, 5.74) is 2.72. The highest BCUT2D eigenvalue weighted by molar-refractivity contribution is 5.97. The van der Waals surface area contributed by atoms with Gasteiger partial charge in [-0.05, 0) is 31.2 Å². The van der Waals surface area contributed by atoms with Gasteiger partial charge in [-0.2, -0.15) is 0 Å². The molecule has 1 aliphatic heterocycles. The second-order valence-electron chi connectivity index (χ2n) is 6.56. The second-order valence-corrected chi connectivity index (χ2v) is 6.56. The van der Waals surface area contributed by atoms with E-state index in [0.717, 1.165) is 28.3 Å². The van der Waals surface area contributed by atoms with Crippen LogP contribution in [0.5, 0.6) is 5.75 Å². The van der Waals surface area contributed by atoms with E-state index < -0.39 is 0 Å². The number of hydrogen-bond donors (Lipinski definition) is 0. The van der Waals surface area contributed by atoms with Gasteiger partial charge >= 0.3 is 0 Å². The Morgan fingerprint density at radius 1 is 1.22 bits per heavy atom. The Morgan fingerprint density at radius 3 is 2.81 bits per heavy atom. The van der Waals surface area contributed by atoms with Gasteiger partial charge in [0.1, 0.15) is 11.6 Å². The Morgan fingerprint density at radius 2 is 2.00 bits per heavy atom. The Bertz CT molecular complexity index is 1030.